The van der Waals surface area contributed by atoms with Crippen molar-refractivity contribution in [2.45, 2.75) is 19.1 Å². The van der Waals surface area contributed by atoms with E-state index in [-0.39, 0.29) is 10.0 Å². The Hall–Kier alpha value is -0.520. The minimum absolute atomic E-state index is 0.0812. The van der Waals surface area contributed by atoms with Crippen LogP contribution in [0.25, 0.3) is 0 Å². The Kier molecular flexibility index (Phi) is 3.58. The molecule has 0 aliphatic rings. The molecule has 2 unspecified atom stereocenters. The second-order valence-electron chi connectivity index (χ2n) is 3.06. The van der Waals surface area contributed by atoms with Gasteiger partial charge in [0.2, 0.25) is 0 Å². The molecule has 0 aliphatic carbocycles. The second-order valence-corrected chi connectivity index (χ2v) is 3.85. The lowest BCUT2D eigenvalue weighted by molar-refractivity contribution is 0.147. The lowest BCUT2D eigenvalue weighted by atomic mass is 10.0. The van der Waals surface area contributed by atoms with Crippen LogP contribution in [0.2, 0.25) is 0 Å². The van der Waals surface area contributed by atoms with Crippen molar-refractivity contribution in [1.29, 1.82) is 0 Å². The summed E-state index contributed by atoms with van der Waals surface area (Å²) in [5, 5.41) is 9.52. The third-order valence-electron chi connectivity index (χ3n) is 1.87. The van der Waals surface area contributed by atoms with Crippen LogP contribution in [0.1, 0.15) is 18.6 Å². The summed E-state index contributed by atoms with van der Waals surface area (Å²) in [5.41, 5.74) is 5.26. The molecule has 2 nitrogen and oxygen atoms in total. The highest BCUT2D eigenvalue weighted by atomic mass is 79.9. The molecule has 1 aromatic rings. The topological polar surface area (TPSA) is 46.2 Å². The van der Waals surface area contributed by atoms with Crippen LogP contribution >= 0.6 is 15.9 Å². The van der Waals surface area contributed by atoms with Gasteiger partial charge in [0.05, 0.1) is 10.6 Å². The van der Waals surface area contributed by atoms with Gasteiger partial charge in [0.25, 0.3) is 0 Å². The Labute approximate surface area is 88.9 Å². The molecule has 0 radical (unpaired) electrons. The van der Waals surface area contributed by atoms with Gasteiger partial charge in [-0.05, 0) is 35.0 Å². The van der Waals surface area contributed by atoms with Gasteiger partial charge in [-0.2, -0.15) is 0 Å². The van der Waals surface area contributed by atoms with Gasteiger partial charge in [0.15, 0.2) is 0 Å². The van der Waals surface area contributed by atoms with Crippen LogP contribution < -0.4 is 5.73 Å². The van der Waals surface area contributed by atoms with Crippen molar-refractivity contribution in [2.75, 3.05) is 0 Å². The van der Waals surface area contributed by atoms with E-state index < -0.39 is 23.8 Å². The number of aliphatic hydroxyl groups is 1. The van der Waals surface area contributed by atoms with Crippen LogP contribution in [0.4, 0.5) is 8.78 Å². The smallest absolute Gasteiger partial charge is 0.137 e. The molecule has 0 amide bonds. The zero-order valence-electron chi connectivity index (χ0n) is 7.47. The molecule has 0 saturated carbocycles. The highest BCUT2D eigenvalue weighted by molar-refractivity contribution is 9.10. The van der Waals surface area contributed by atoms with E-state index >= 15 is 0 Å². The summed E-state index contributed by atoms with van der Waals surface area (Å²) < 4.78 is 26.2. The molecule has 0 aromatic heterocycles. The molecule has 0 aliphatic heterocycles. The summed E-state index contributed by atoms with van der Waals surface area (Å²) in [6, 6.07) is 1.28. The molecule has 0 bridgehead atoms. The van der Waals surface area contributed by atoms with Gasteiger partial charge in [-0.15, -0.1) is 0 Å². The Morgan fingerprint density at radius 2 is 1.86 bits per heavy atom. The molecule has 0 fully saturated rings. The summed E-state index contributed by atoms with van der Waals surface area (Å²) in [5.74, 6) is -1.30. The molecule has 0 saturated heterocycles. The van der Waals surface area contributed by atoms with Gasteiger partial charge in [-0.3, -0.25) is 0 Å². The third-order valence-corrected chi connectivity index (χ3v) is 2.68. The summed E-state index contributed by atoms with van der Waals surface area (Å²) in [7, 11) is 0. The molecule has 3 N–H and O–H groups in total. The highest BCUT2D eigenvalue weighted by Crippen LogP contribution is 2.29. The van der Waals surface area contributed by atoms with E-state index in [0.29, 0.717) is 0 Å². The number of halogens is 3. The van der Waals surface area contributed by atoms with E-state index in [2.05, 4.69) is 15.9 Å². The van der Waals surface area contributed by atoms with Crippen molar-refractivity contribution in [3.63, 3.8) is 0 Å². The van der Waals surface area contributed by atoms with Gasteiger partial charge >= 0.3 is 0 Å². The number of hydrogen-bond donors (Lipinski definition) is 2. The first-order valence-electron chi connectivity index (χ1n) is 4.02. The average Bonchev–Trinajstić information content (AvgIpc) is 2.12. The van der Waals surface area contributed by atoms with Crippen molar-refractivity contribution in [3.8, 4) is 0 Å². The Bertz CT molecular complexity index is 344. The lowest BCUT2D eigenvalue weighted by Gasteiger charge is -2.17. The summed E-state index contributed by atoms with van der Waals surface area (Å²) in [6.07, 6.45) is -1.22. The molecule has 78 valence electrons. The van der Waals surface area contributed by atoms with Crippen molar-refractivity contribution in [3.05, 3.63) is 33.8 Å². The number of aliphatic hydroxyl groups excluding tert-OH is 1. The fourth-order valence-electron chi connectivity index (χ4n) is 1.08. The zero-order valence-corrected chi connectivity index (χ0v) is 9.05. The van der Waals surface area contributed by atoms with Crippen molar-refractivity contribution in [2.24, 2.45) is 5.73 Å². The van der Waals surface area contributed by atoms with Crippen LogP contribution in [0.15, 0.2) is 16.6 Å². The summed E-state index contributed by atoms with van der Waals surface area (Å²) in [6.45, 7) is 1.52. The van der Waals surface area contributed by atoms with Crippen molar-refractivity contribution in [1.82, 2.24) is 0 Å². The number of nitrogens with two attached hydrogens (primary N) is 1. The molecule has 0 heterocycles. The van der Waals surface area contributed by atoms with E-state index in [9.17, 15) is 13.9 Å². The SMILES string of the molecule is CC(N)C(O)c1c(F)ccc(F)c1Br. The van der Waals surface area contributed by atoms with E-state index in [1.165, 1.54) is 6.92 Å². The predicted molar refractivity (Wildman–Crippen MR) is 52.7 cm³/mol. The minimum atomic E-state index is -1.22. The summed E-state index contributed by atoms with van der Waals surface area (Å²) >= 11 is 2.87. The fraction of sp³-hybridized carbons (Fsp3) is 0.333. The minimum Gasteiger partial charge on any atom is -0.387 e. The first kappa shape index (κ1) is 11.6. The van der Waals surface area contributed by atoms with Crippen LogP contribution in [0.3, 0.4) is 0 Å². The molecule has 1 aromatic carbocycles. The van der Waals surface area contributed by atoms with Crippen LogP contribution in [0.5, 0.6) is 0 Å². The van der Waals surface area contributed by atoms with Crippen molar-refractivity contribution >= 4 is 15.9 Å². The average molecular weight is 266 g/mol. The second kappa shape index (κ2) is 4.33. The van der Waals surface area contributed by atoms with E-state index in [1.807, 2.05) is 0 Å². The standard InChI is InChI=1S/C9H10BrF2NO/c1-4(13)9(14)7-5(11)2-3-6(12)8(7)10/h2-4,9,14H,13H2,1H3. The largest absolute Gasteiger partial charge is 0.387 e. The third kappa shape index (κ3) is 2.10. The van der Waals surface area contributed by atoms with E-state index in [1.54, 1.807) is 0 Å². The molecule has 1 rings (SSSR count). The quantitative estimate of drug-likeness (QED) is 0.805. The Balaban J connectivity index is 3.25. The maximum Gasteiger partial charge on any atom is 0.137 e. The van der Waals surface area contributed by atoms with Crippen molar-refractivity contribution < 1.29 is 13.9 Å². The molecular formula is C9H10BrF2NO. The van der Waals surface area contributed by atoms with Gasteiger partial charge in [-0.1, -0.05) is 0 Å². The molecular weight excluding hydrogens is 256 g/mol. The van der Waals surface area contributed by atoms with Gasteiger partial charge in [-0.25, -0.2) is 8.78 Å². The Morgan fingerprint density at radius 3 is 2.36 bits per heavy atom. The van der Waals surface area contributed by atoms with Crippen LogP contribution in [-0.4, -0.2) is 11.1 Å². The van der Waals surface area contributed by atoms with Gasteiger partial charge in [0.1, 0.15) is 11.6 Å². The zero-order chi connectivity index (χ0) is 10.9. The number of hydrogen-bond acceptors (Lipinski definition) is 2. The van der Waals surface area contributed by atoms with E-state index in [0.717, 1.165) is 12.1 Å². The van der Waals surface area contributed by atoms with Gasteiger partial charge in [0, 0.05) is 11.6 Å². The fourth-order valence-corrected chi connectivity index (χ4v) is 1.63. The predicted octanol–water partition coefficient (Wildman–Crippen LogP) is 2.11. The molecule has 14 heavy (non-hydrogen) atoms. The molecule has 2 atom stereocenters. The molecule has 0 spiro atoms. The summed E-state index contributed by atoms with van der Waals surface area (Å²) in [4.78, 5) is 0. The van der Waals surface area contributed by atoms with Gasteiger partial charge < -0.3 is 10.8 Å². The number of benzene rings is 1. The highest BCUT2D eigenvalue weighted by Gasteiger charge is 2.21. The molecule has 5 heteroatoms. The van der Waals surface area contributed by atoms with Crippen LogP contribution in [-0.2, 0) is 0 Å². The lowest BCUT2D eigenvalue weighted by Crippen LogP contribution is -2.25. The first-order chi connectivity index (χ1) is 6.45. The normalized spacial score (nSPS) is 15.3. The first-order valence-corrected chi connectivity index (χ1v) is 4.81. The maximum atomic E-state index is 13.2. The number of rotatable bonds is 2. The Morgan fingerprint density at radius 1 is 1.36 bits per heavy atom. The van der Waals surface area contributed by atoms with Crippen LogP contribution in [0, 0.1) is 11.6 Å². The monoisotopic (exact) mass is 265 g/mol. The van der Waals surface area contributed by atoms with E-state index in [4.69, 9.17) is 5.73 Å². The maximum absolute atomic E-state index is 13.2.